The zero-order valence-corrected chi connectivity index (χ0v) is 16.3. The smallest absolute Gasteiger partial charge is 0.228 e. The lowest BCUT2D eigenvalue weighted by Crippen LogP contribution is -2.48. The number of ether oxygens (including phenoxy) is 2. The van der Waals surface area contributed by atoms with Crippen LogP contribution in [0.1, 0.15) is 12.6 Å². The summed E-state index contributed by atoms with van der Waals surface area (Å²) in [5.74, 6) is 1.52. The number of nitrogens with zero attached hydrogens (tertiary/aromatic N) is 3. The SMILES string of the molecule is CCN1CCN(C(=O)Cc2csc(-c3ccc(OC)c(OC)c3)n2)CC1. The van der Waals surface area contributed by atoms with Gasteiger partial charge in [-0.2, -0.15) is 0 Å². The van der Waals surface area contributed by atoms with Crippen molar-refractivity contribution < 1.29 is 14.3 Å². The highest BCUT2D eigenvalue weighted by Gasteiger charge is 2.21. The Labute approximate surface area is 158 Å². The van der Waals surface area contributed by atoms with E-state index in [-0.39, 0.29) is 5.91 Å². The Morgan fingerprint density at radius 2 is 1.88 bits per heavy atom. The number of carbonyl (C=O) groups excluding carboxylic acids is 1. The first-order valence-electron chi connectivity index (χ1n) is 8.81. The number of amides is 1. The summed E-state index contributed by atoms with van der Waals surface area (Å²) in [5.41, 5.74) is 1.78. The Kier molecular flexibility index (Phi) is 6.11. The standard InChI is InChI=1S/C19H25N3O3S/c1-4-21-7-9-22(10-8-21)18(23)12-15-13-26-19(20-15)14-5-6-16(24-2)17(11-14)25-3/h5-6,11,13H,4,7-10,12H2,1-3H3. The van der Waals surface area contributed by atoms with Crippen LogP contribution in [-0.2, 0) is 11.2 Å². The van der Waals surface area contributed by atoms with Gasteiger partial charge in [0.05, 0.1) is 26.3 Å². The van der Waals surface area contributed by atoms with E-state index in [1.807, 2.05) is 28.5 Å². The zero-order chi connectivity index (χ0) is 18.5. The van der Waals surface area contributed by atoms with Crippen LogP contribution in [0.25, 0.3) is 10.6 Å². The highest BCUT2D eigenvalue weighted by molar-refractivity contribution is 7.13. The molecule has 1 aliphatic heterocycles. The highest BCUT2D eigenvalue weighted by Crippen LogP contribution is 2.33. The van der Waals surface area contributed by atoms with E-state index in [9.17, 15) is 4.79 Å². The molecule has 0 N–H and O–H groups in total. The van der Waals surface area contributed by atoms with E-state index >= 15 is 0 Å². The lowest BCUT2D eigenvalue weighted by molar-refractivity contribution is -0.132. The van der Waals surface area contributed by atoms with Crippen LogP contribution in [0.15, 0.2) is 23.6 Å². The van der Waals surface area contributed by atoms with Gasteiger partial charge in [-0.15, -0.1) is 11.3 Å². The van der Waals surface area contributed by atoms with Crippen molar-refractivity contribution in [3.05, 3.63) is 29.3 Å². The summed E-state index contributed by atoms with van der Waals surface area (Å²) in [6.45, 7) is 6.72. The molecule has 1 aliphatic rings. The van der Waals surface area contributed by atoms with E-state index < -0.39 is 0 Å². The molecule has 1 aromatic heterocycles. The van der Waals surface area contributed by atoms with Crippen LogP contribution in [0.5, 0.6) is 11.5 Å². The average molecular weight is 375 g/mol. The fraction of sp³-hybridized carbons (Fsp3) is 0.474. The van der Waals surface area contributed by atoms with Gasteiger partial charge < -0.3 is 19.3 Å². The van der Waals surface area contributed by atoms with Crippen LogP contribution in [0.2, 0.25) is 0 Å². The van der Waals surface area contributed by atoms with Gasteiger partial charge in [0.15, 0.2) is 11.5 Å². The van der Waals surface area contributed by atoms with Gasteiger partial charge >= 0.3 is 0 Å². The number of benzene rings is 1. The van der Waals surface area contributed by atoms with Crippen LogP contribution in [0.3, 0.4) is 0 Å². The molecule has 3 rings (SSSR count). The third-order valence-corrected chi connectivity index (χ3v) is 5.63. The fourth-order valence-electron chi connectivity index (χ4n) is 3.07. The Morgan fingerprint density at radius 1 is 1.15 bits per heavy atom. The van der Waals surface area contributed by atoms with Crippen molar-refractivity contribution in [2.75, 3.05) is 46.9 Å². The molecule has 6 nitrogen and oxygen atoms in total. The molecule has 0 bridgehead atoms. The van der Waals surface area contributed by atoms with E-state index in [1.165, 1.54) is 0 Å². The number of carbonyl (C=O) groups is 1. The molecule has 0 saturated carbocycles. The van der Waals surface area contributed by atoms with Gasteiger partial charge in [-0.05, 0) is 24.7 Å². The second kappa shape index (κ2) is 8.51. The number of hydrogen-bond donors (Lipinski definition) is 0. The van der Waals surface area contributed by atoms with Gasteiger partial charge in [0.2, 0.25) is 5.91 Å². The van der Waals surface area contributed by atoms with E-state index in [4.69, 9.17) is 9.47 Å². The number of thiazole rings is 1. The molecular formula is C19H25N3O3S. The van der Waals surface area contributed by atoms with Crippen LogP contribution in [0.4, 0.5) is 0 Å². The minimum absolute atomic E-state index is 0.157. The summed E-state index contributed by atoms with van der Waals surface area (Å²) in [5, 5.41) is 2.84. The molecule has 1 fully saturated rings. The molecule has 2 aromatic rings. The number of hydrogen-bond acceptors (Lipinski definition) is 6. The van der Waals surface area contributed by atoms with Crippen molar-refractivity contribution >= 4 is 17.2 Å². The summed E-state index contributed by atoms with van der Waals surface area (Å²) < 4.78 is 10.6. The minimum Gasteiger partial charge on any atom is -0.493 e. The molecule has 1 saturated heterocycles. The van der Waals surface area contributed by atoms with Crippen molar-refractivity contribution in [3.8, 4) is 22.1 Å². The third kappa shape index (κ3) is 4.16. The van der Waals surface area contributed by atoms with Gasteiger partial charge in [-0.3, -0.25) is 4.79 Å². The van der Waals surface area contributed by atoms with E-state index in [0.717, 1.165) is 49.0 Å². The van der Waals surface area contributed by atoms with Gasteiger partial charge in [0, 0.05) is 37.1 Å². The molecule has 7 heteroatoms. The van der Waals surface area contributed by atoms with Crippen LogP contribution in [0, 0.1) is 0 Å². The monoisotopic (exact) mass is 375 g/mol. The molecule has 0 atom stereocenters. The molecule has 26 heavy (non-hydrogen) atoms. The van der Waals surface area contributed by atoms with Crippen LogP contribution in [-0.4, -0.2) is 67.6 Å². The van der Waals surface area contributed by atoms with E-state index in [0.29, 0.717) is 17.9 Å². The number of rotatable bonds is 6. The van der Waals surface area contributed by atoms with Gasteiger partial charge in [-0.25, -0.2) is 4.98 Å². The Hall–Kier alpha value is -2.12. The van der Waals surface area contributed by atoms with Gasteiger partial charge in [0.1, 0.15) is 5.01 Å². The second-order valence-electron chi connectivity index (χ2n) is 6.21. The predicted molar refractivity (Wildman–Crippen MR) is 103 cm³/mol. The van der Waals surface area contributed by atoms with Gasteiger partial charge in [0.25, 0.3) is 0 Å². The lowest BCUT2D eigenvalue weighted by atomic mass is 10.2. The molecule has 1 amide bonds. The first-order chi connectivity index (χ1) is 12.6. The number of methoxy groups -OCH3 is 2. The summed E-state index contributed by atoms with van der Waals surface area (Å²) in [4.78, 5) is 21.5. The first-order valence-corrected chi connectivity index (χ1v) is 9.69. The molecule has 1 aromatic carbocycles. The summed E-state index contributed by atoms with van der Waals surface area (Å²) in [7, 11) is 3.23. The molecule has 0 aliphatic carbocycles. The van der Waals surface area contributed by atoms with Crippen molar-refractivity contribution in [1.29, 1.82) is 0 Å². The molecule has 0 unspecified atom stereocenters. The summed E-state index contributed by atoms with van der Waals surface area (Å²) in [6.07, 6.45) is 0.357. The van der Waals surface area contributed by atoms with Gasteiger partial charge in [-0.1, -0.05) is 6.92 Å². The topological polar surface area (TPSA) is 54.9 Å². The number of aromatic nitrogens is 1. The largest absolute Gasteiger partial charge is 0.493 e. The van der Waals surface area contributed by atoms with Crippen molar-refractivity contribution in [1.82, 2.24) is 14.8 Å². The first kappa shape index (κ1) is 18.7. The molecule has 140 valence electrons. The maximum Gasteiger partial charge on any atom is 0.228 e. The minimum atomic E-state index is 0.157. The van der Waals surface area contributed by atoms with Crippen LogP contribution < -0.4 is 9.47 Å². The Bertz CT molecular complexity index is 754. The zero-order valence-electron chi connectivity index (χ0n) is 15.5. The molecular weight excluding hydrogens is 350 g/mol. The summed E-state index contributed by atoms with van der Waals surface area (Å²) in [6, 6.07) is 5.73. The lowest BCUT2D eigenvalue weighted by Gasteiger charge is -2.34. The highest BCUT2D eigenvalue weighted by atomic mass is 32.1. The number of likely N-dealkylation sites (N-methyl/N-ethyl adjacent to an activating group) is 1. The van der Waals surface area contributed by atoms with Crippen molar-refractivity contribution in [3.63, 3.8) is 0 Å². The predicted octanol–water partition coefficient (Wildman–Crippen LogP) is 2.53. The van der Waals surface area contributed by atoms with E-state index in [1.54, 1.807) is 25.6 Å². The Balaban J connectivity index is 1.66. The average Bonchev–Trinajstić information content (AvgIpc) is 3.15. The van der Waals surface area contributed by atoms with Crippen molar-refractivity contribution in [2.45, 2.75) is 13.3 Å². The molecule has 2 heterocycles. The summed E-state index contributed by atoms with van der Waals surface area (Å²) >= 11 is 1.54. The normalized spacial score (nSPS) is 15.1. The van der Waals surface area contributed by atoms with Crippen molar-refractivity contribution in [2.24, 2.45) is 0 Å². The number of piperazine rings is 1. The Morgan fingerprint density at radius 3 is 2.54 bits per heavy atom. The third-order valence-electron chi connectivity index (χ3n) is 4.69. The fourth-order valence-corrected chi connectivity index (χ4v) is 3.89. The maximum atomic E-state index is 12.5. The molecule has 0 spiro atoms. The van der Waals surface area contributed by atoms with Crippen LogP contribution >= 0.6 is 11.3 Å². The quantitative estimate of drug-likeness (QED) is 0.777. The second-order valence-corrected chi connectivity index (χ2v) is 7.06. The van der Waals surface area contributed by atoms with E-state index in [2.05, 4.69) is 16.8 Å². The maximum absolute atomic E-state index is 12.5. The molecule has 0 radical (unpaired) electrons.